The number of hydrogen-bond donors (Lipinski definition) is 3. The smallest absolute Gasteiger partial charge is 0.262 e. The first-order chi connectivity index (χ1) is 15.6. The molecule has 1 fully saturated rings. The van der Waals surface area contributed by atoms with Crippen LogP contribution in [0.15, 0.2) is 71.7 Å². The Kier molecular flexibility index (Phi) is 7.02. The van der Waals surface area contributed by atoms with E-state index < -0.39 is 0 Å². The number of benzene rings is 1. The van der Waals surface area contributed by atoms with E-state index in [2.05, 4.69) is 33.3 Å². The van der Waals surface area contributed by atoms with E-state index in [1.165, 1.54) is 11.8 Å². The van der Waals surface area contributed by atoms with Crippen molar-refractivity contribution in [2.45, 2.75) is 32.2 Å². The van der Waals surface area contributed by atoms with E-state index in [9.17, 15) is 4.79 Å². The number of likely N-dealkylation sites (tertiary alicyclic amines) is 1. The average Bonchev–Trinajstić information content (AvgIpc) is 3.23. The van der Waals surface area contributed by atoms with Crippen LogP contribution in [0.2, 0.25) is 0 Å². The molecule has 0 saturated carbocycles. The van der Waals surface area contributed by atoms with Crippen LogP contribution < -0.4 is 16.4 Å². The number of nitrogens with zero attached hydrogens (tertiary/aromatic N) is 3. The third-order valence-electron chi connectivity index (χ3n) is 5.54. The molecule has 7 nitrogen and oxygen atoms in total. The van der Waals surface area contributed by atoms with Crippen LogP contribution in [0, 0.1) is 0 Å². The Balaban J connectivity index is 1.48. The number of dihydropyridines is 1. The predicted molar refractivity (Wildman–Crippen MR) is 132 cm³/mol. The molecule has 168 valence electrons. The third-order valence-corrected chi connectivity index (χ3v) is 6.52. The van der Waals surface area contributed by atoms with E-state index in [4.69, 9.17) is 5.73 Å². The van der Waals surface area contributed by atoms with Crippen LogP contribution in [0.4, 0.5) is 0 Å². The highest BCUT2D eigenvalue weighted by Crippen LogP contribution is 2.31. The van der Waals surface area contributed by atoms with Gasteiger partial charge in [0.1, 0.15) is 0 Å². The van der Waals surface area contributed by atoms with E-state index in [-0.39, 0.29) is 11.9 Å². The Morgan fingerprint density at radius 1 is 1.44 bits per heavy atom. The summed E-state index contributed by atoms with van der Waals surface area (Å²) in [7, 11) is 0. The van der Waals surface area contributed by atoms with Crippen LogP contribution in [0.3, 0.4) is 0 Å². The minimum absolute atomic E-state index is 0.156. The van der Waals surface area contributed by atoms with Crippen LogP contribution in [-0.2, 0) is 4.79 Å². The van der Waals surface area contributed by atoms with Crippen molar-refractivity contribution in [3.63, 3.8) is 0 Å². The van der Waals surface area contributed by atoms with Crippen molar-refractivity contribution < 1.29 is 4.79 Å². The van der Waals surface area contributed by atoms with E-state index in [1.54, 1.807) is 4.68 Å². The second kappa shape index (κ2) is 10.1. The van der Waals surface area contributed by atoms with Gasteiger partial charge in [-0.15, -0.1) is 0 Å². The lowest BCUT2D eigenvalue weighted by atomic mass is 10.0. The molecule has 4 N–H and O–H groups in total. The van der Waals surface area contributed by atoms with Crippen LogP contribution in [0.1, 0.15) is 26.2 Å². The summed E-state index contributed by atoms with van der Waals surface area (Å²) in [4.78, 5) is 16.1. The first kappa shape index (κ1) is 22.2. The lowest BCUT2D eigenvalue weighted by molar-refractivity contribution is -0.116. The molecule has 1 saturated heterocycles. The van der Waals surface area contributed by atoms with Crippen LogP contribution in [0.5, 0.6) is 0 Å². The molecule has 2 aliphatic heterocycles. The average molecular weight is 451 g/mol. The van der Waals surface area contributed by atoms with Crippen molar-refractivity contribution in [1.82, 2.24) is 25.3 Å². The zero-order chi connectivity index (χ0) is 22.5. The summed E-state index contributed by atoms with van der Waals surface area (Å²) in [6, 6.07) is 8.11. The molecule has 2 aliphatic rings. The van der Waals surface area contributed by atoms with Crippen LogP contribution >= 0.6 is 11.8 Å². The fourth-order valence-corrected chi connectivity index (χ4v) is 4.90. The number of nitrogens with one attached hydrogen (secondary N) is 2. The first-order valence-electron chi connectivity index (χ1n) is 11.0. The zero-order valence-corrected chi connectivity index (χ0v) is 19.2. The van der Waals surface area contributed by atoms with Crippen LogP contribution in [0.25, 0.3) is 15.9 Å². The molecule has 32 heavy (non-hydrogen) atoms. The largest absolute Gasteiger partial charge is 0.386 e. The van der Waals surface area contributed by atoms with Crippen molar-refractivity contribution >= 4 is 33.6 Å². The lowest BCUT2D eigenvalue weighted by Crippen LogP contribution is -2.45. The molecule has 0 unspecified atom stereocenters. The number of hydrogen-bond acceptors (Lipinski definition) is 6. The van der Waals surface area contributed by atoms with E-state index in [1.807, 2.05) is 49.7 Å². The van der Waals surface area contributed by atoms with Gasteiger partial charge in [-0.25, -0.2) is 4.68 Å². The highest BCUT2D eigenvalue weighted by Gasteiger charge is 2.24. The van der Waals surface area contributed by atoms with Crippen molar-refractivity contribution in [3.05, 3.63) is 71.7 Å². The fraction of sp³-hybridized carbons (Fsp3) is 0.333. The fourth-order valence-electron chi connectivity index (χ4n) is 4.02. The van der Waals surface area contributed by atoms with E-state index in [0.29, 0.717) is 9.93 Å². The maximum atomic E-state index is 13.3. The summed E-state index contributed by atoms with van der Waals surface area (Å²) in [6.07, 6.45) is 10.6. The number of fused-ring (bicyclic) bond motifs is 1. The Morgan fingerprint density at radius 2 is 2.28 bits per heavy atom. The number of nitrogens with two attached hydrogens (primary N) is 1. The first-order valence-corrected chi connectivity index (χ1v) is 11.8. The van der Waals surface area contributed by atoms with Gasteiger partial charge in [0.05, 0.1) is 33.0 Å². The Morgan fingerprint density at radius 3 is 3.09 bits per heavy atom. The molecule has 3 heterocycles. The zero-order valence-electron chi connectivity index (χ0n) is 18.4. The molecule has 1 amide bonds. The number of thioether (sulfide) groups is 1. The van der Waals surface area contributed by atoms with E-state index in [0.717, 1.165) is 61.2 Å². The Bertz CT molecular complexity index is 1100. The molecule has 1 aromatic heterocycles. The normalized spacial score (nSPS) is 19.2. The summed E-state index contributed by atoms with van der Waals surface area (Å²) in [5.41, 5.74) is 8.95. The van der Waals surface area contributed by atoms with Gasteiger partial charge in [0.2, 0.25) is 0 Å². The van der Waals surface area contributed by atoms with Crippen molar-refractivity contribution in [3.8, 4) is 0 Å². The number of amides is 1. The Hall–Kier alpha value is -2.97. The van der Waals surface area contributed by atoms with Gasteiger partial charge < -0.3 is 21.3 Å². The number of rotatable bonds is 7. The number of piperidine rings is 1. The van der Waals surface area contributed by atoms with Gasteiger partial charge in [0.25, 0.3) is 5.91 Å². The van der Waals surface area contributed by atoms with Gasteiger partial charge in [0.15, 0.2) is 0 Å². The van der Waals surface area contributed by atoms with Gasteiger partial charge in [-0.1, -0.05) is 49.5 Å². The van der Waals surface area contributed by atoms with Crippen molar-refractivity contribution in [1.29, 1.82) is 0 Å². The monoisotopic (exact) mass is 450 g/mol. The molecular formula is C24H30N6OS. The third kappa shape index (κ3) is 4.92. The minimum atomic E-state index is -0.156. The number of allylic oxidation sites excluding steroid dienone is 1. The molecule has 0 aliphatic carbocycles. The predicted octanol–water partition coefficient (Wildman–Crippen LogP) is 3.36. The molecule has 0 spiro atoms. The van der Waals surface area contributed by atoms with Gasteiger partial charge in [0, 0.05) is 37.3 Å². The van der Waals surface area contributed by atoms with Gasteiger partial charge in [-0.05, 0) is 31.4 Å². The highest BCUT2D eigenvalue weighted by atomic mass is 32.2. The SMILES string of the molecule is C=C(S/C(=C\CC)C(=O)NC1=CNCC=C1N1CCC[C@H](N)C1)n1ncc2ccccc21. The quantitative estimate of drug-likeness (QED) is 0.561. The summed E-state index contributed by atoms with van der Waals surface area (Å²) in [5.74, 6) is -0.156. The summed E-state index contributed by atoms with van der Waals surface area (Å²) in [6.45, 7) is 8.67. The molecule has 1 aromatic carbocycles. The maximum Gasteiger partial charge on any atom is 0.262 e. The second-order valence-corrected chi connectivity index (χ2v) is 9.06. The molecule has 2 aromatic rings. The summed E-state index contributed by atoms with van der Waals surface area (Å²) in [5, 5.41) is 12.5. The van der Waals surface area contributed by atoms with Crippen LogP contribution in [-0.4, -0.2) is 46.3 Å². The Labute approximate surface area is 193 Å². The molecular weight excluding hydrogens is 420 g/mol. The highest BCUT2D eigenvalue weighted by molar-refractivity contribution is 8.12. The van der Waals surface area contributed by atoms with Gasteiger partial charge in [-0.2, -0.15) is 5.10 Å². The summed E-state index contributed by atoms with van der Waals surface area (Å²) < 4.78 is 1.78. The van der Waals surface area contributed by atoms with Crippen molar-refractivity contribution in [2.75, 3.05) is 19.6 Å². The van der Waals surface area contributed by atoms with Crippen molar-refractivity contribution in [2.24, 2.45) is 5.73 Å². The topological polar surface area (TPSA) is 88.2 Å². The second-order valence-electron chi connectivity index (χ2n) is 7.95. The standard InChI is InChI=1S/C24H30N6OS/c1-3-7-23(32-17(2)30-21-10-5-4-8-18(21)14-27-30)24(31)28-20-15-26-12-11-22(20)29-13-6-9-19(25)16-29/h4-5,7-8,10-11,14-15,19,26H,2-3,6,9,12-13,16,25H2,1H3,(H,28,31)/b23-7-/t19-/m0/s1. The molecule has 0 radical (unpaired) electrons. The minimum Gasteiger partial charge on any atom is -0.386 e. The lowest BCUT2D eigenvalue weighted by Gasteiger charge is -2.36. The van der Waals surface area contributed by atoms with Gasteiger partial charge in [-0.3, -0.25) is 4.79 Å². The maximum absolute atomic E-state index is 13.3. The van der Waals surface area contributed by atoms with Gasteiger partial charge >= 0.3 is 0 Å². The number of aromatic nitrogens is 2. The number of carbonyl (C=O) groups excluding carboxylic acids is 1. The number of carbonyl (C=O) groups is 1. The number of para-hydroxylation sites is 1. The van der Waals surface area contributed by atoms with E-state index >= 15 is 0 Å². The molecule has 4 rings (SSSR count). The molecule has 8 heteroatoms. The molecule has 1 atom stereocenters. The summed E-state index contributed by atoms with van der Waals surface area (Å²) >= 11 is 1.33. The molecule has 0 bridgehead atoms.